The first-order chi connectivity index (χ1) is 9.17. The van der Waals surface area contributed by atoms with Gasteiger partial charge in [0.25, 0.3) is 0 Å². The summed E-state index contributed by atoms with van der Waals surface area (Å²) in [6.45, 7) is -0.00955. The molecule has 98 valence electrons. The summed E-state index contributed by atoms with van der Waals surface area (Å²) >= 11 is 0. The fourth-order valence-corrected chi connectivity index (χ4v) is 2.19. The molecule has 0 aliphatic heterocycles. The number of hydrogen-bond donors (Lipinski definition) is 3. The maximum atomic E-state index is 11.1. The van der Waals surface area contributed by atoms with Crippen LogP contribution in [0.3, 0.4) is 0 Å². The van der Waals surface area contributed by atoms with Gasteiger partial charge in [-0.2, -0.15) is 0 Å². The molecule has 0 unspecified atom stereocenters. The van der Waals surface area contributed by atoms with E-state index in [-0.39, 0.29) is 6.61 Å². The van der Waals surface area contributed by atoms with Crippen molar-refractivity contribution in [3.05, 3.63) is 47.5 Å². The number of carbonyl (C=O) groups is 1. The van der Waals surface area contributed by atoms with Crippen LogP contribution in [0.15, 0.2) is 36.4 Å². The van der Waals surface area contributed by atoms with Gasteiger partial charge in [0.1, 0.15) is 0 Å². The molecule has 2 rings (SSSR count). The highest BCUT2D eigenvalue weighted by molar-refractivity contribution is 5.90. The monoisotopic (exact) mass is 256 g/mol. The average Bonchev–Trinajstić information content (AvgIpc) is 2.41. The van der Waals surface area contributed by atoms with Crippen LogP contribution < -0.4 is 11.5 Å². The number of anilines is 2. The van der Waals surface area contributed by atoms with Gasteiger partial charge in [0.2, 0.25) is 0 Å². The second-order valence-corrected chi connectivity index (χ2v) is 4.31. The lowest BCUT2D eigenvalue weighted by atomic mass is 9.93. The number of hydrogen-bond acceptors (Lipinski definition) is 4. The molecule has 4 nitrogen and oxygen atoms in total. The first kappa shape index (κ1) is 13.1. The van der Waals surface area contributed by atoms with Crippen molar-refractivity contribution < 1.29 is 9.90 Å². The van der Waals surface area contributed by atoms with Crippen LogP contribution in [0.25, 0.3) is 11.1 Å². The van der Waals surface area contributed by atoms with Crippen LogP contribution in [-0.4, -0.2) is 18.0 Å². The van der Waals surface area contributed by atoms with E-state index in [1.165, 1.54) is 0 Å². The number of aliphatic hydroxyl groups is 1. The zero-order valence-corrected chi connectivity index (χ0v) is 10.5. The van der Waals surface area contributed by atoms with E-state index in [1.54, 1.807) is 24.3 Å². The van der Waals surface area contributed by atoms with Gasteiger partial charge < -0.3 is 16.6 Å². The molecule has 2 aromatic carbocycles. The molecule has 0 fully saturated rings. The van der Waals surface area contributed by atoms with E-state index >= 15 is 0 Å². The highest BCUT2D eigenvalue weighted by atomic mass is 16.2. The van der Waals surface area contributed by atoms with E-state index in [1.807, 2.05) is 12.1 Å². The van der Waals surface area contributed by atoms with Crippen LogP contribution in [0.1, 0.15) is 15.9 Å². The molecule has 0 aliphatic rings. The van der Waals surface area contributed by atoms with Crippen molar-refractivity contribution in [3.8, 4) is 11.1 Å². The Bertz CT molecular complexity index is 609. The zero-order valence-electron chi connectivity index (χ0n) is 10.5. The molecule has 4 heteroatoms. The molecule has 0 heterocycles. The largest absolute Gasteiger partial charge is 0.399 e. The Hall–Kier alpha value is -2.33. The van der Waals surface area contributed by atoms with E-state index in [0.29, 0.717) is 23.4 Å². The predicted molar refractivity (Wildman–Crippen MR) is 76.9 cm³/mol. The maximum Gasteiger partial charge on any atom is 0.150 e. The zero-order chi connectivity index (χ0) is 13.8. The third-order valence-corrected chi connectivity index (χ3v) is 3.05. The molecule has 5 N–H and O–H groups in total. The topological polar surface area (TPSA) is 89.3 Å². The third kappa shape index (κ3) is 2.58. The van der Waals surface area contributed by atoms with Crippen LogP contribution in [0, 0.1) is 0 Å². The van der Waals surface area contributed by atoms with Gasteiger partial charge in [-0.25, -0.2) is 0 Å². The van der Waals surface area contributed by atoms with Gasteiger partial charge in [0, 0.05) is 23.5 Å². The van der Waals surface area contributed by atoms with Crippen LogP contribution in [0.5, 0.6) is 0 Å². The smallest absolute Gasteiger partial charge is 0.150 e. The summed E-state index contributed by atoms with van der Waals surface area (Å²) in [6, 6.07) is 10.7. The van der Waals surface area contributed by atoms with Crippen LogP contribution >= 0.6 is 0 Å². The average molecular weight is 256 g/mol. The first-order valence-electron chi connectivity index (χ1n) is 6.00. The quantitative estimate of drug-likeness (QED) is 0.575. The van der Waals surface area contributed by atoms with Crippen molar-refractivity contribution in [1.29, 1.82) is 0 Å². The van der Waals surface area contributed by atoms with Gasteiger partial charge in [-0.15, -0.1) is 0 Å². The summed E-state index contributed by atoms with van der Waals surface area (Å²) in [6.07, 6.45) is 1.23. The van der Waals surface area contributed by atoms with E-state index in [2.05, 4.69) is 0 Å². The second-order valence-electron chi connectivity index (χ2n) is 4.31. The third-order valence-electron chi connectivity index (χ3n) is 3.05. The first-order valence-corrected chi connectivity index (χ1v) is 6.00. The van der Waals surface area contributed by atoms with Crippen molar-refractivity contribution in [2.24, 2.45) is 0 Å². The van der Waals surface area contributed by atoms with Crippen LogP contribution in [-0.2, 0) is 6.42 Å². The lowest BCUT2D eigenvalue weighted by Crippen LogP contribution is -2.03. The van der Waals surface area contributed by atoms with Gasteiger partial charge in [-0.05, 0) is 35.2 Å². The van der Waals surface area contributed by atoms with Gasteiger partial charge in [-0.1, -0.05) is 24.3 Å². The molecule has 0 saturated heterocycles. The number of nitrogen functional groups attached to an aromatic ring is 2. The predicted octanol–water partition coefficient (Wildman–Crippen LogP) is 1.87. The van der Waals surface area contributed by atoms with E-state index in [9.17, 15) is 4.79 Å². The van der Waals surface area contributed by atoms with Crippen molar-refractivity contribution in [1.82, 2.24) is 0 Å². The lowest BCUT2D eigenvalue weighted by Gasteiger charge is -2.14. The summed E-state index contributed by atoms with van der Waals surface area (Å²) in [5.41, 5.74) is 15.8. The highest BCUT2D eigenvalue weighted by Gasteiger charge is 2.12. The van der Waals surface area contributed by atoms with Gasteiger partial charge in [-0.3, -0.25) is 4.79 Å². The molecule has 19 heavy (non-hydrogen) atoms. The minimum absolute atomic E-state index is 0.00955. The number of aliphatic hydroxyl groups excluding tert-OH is 1. The Morgan fingerprint density at radius 3 is 2.53 bits per heavy atom. The summed E-state index contributed by atoms with van der Waals surface area (Å²) < 4.78 is 0. The van der Waals surface area contributed by atoms with E-state index in [4.69, 9.17) is 16.6 Å². The molecule has 0 saturated carbocycles. The van der Waals surface area contributed by atoms with Crippen molar-refractivity contribution in [2.75, 3.05) is 18.1 Å². The minimum Gasteiger partial charge on any atom is -0.399 e. The minimum atomic E-state index is -0.00955. The maximum absolute atomic E-state index is 11.1. The number of carbonyl (C=O) groups excluding carboxylic acids is 1. The molecule has 0 aliphatic carbocycles. The van der Waals surface area contributed by atoms with Crippen LogP contribution in [0.2, 0.25) is 0 Å². The molecule has 0 radical (unpaired) electrons. The van der Waals surface area contributed by atoms with E-state index in [0.717, 1.165) is 23.0 Å². The molecule has 2 aromatic rings. The summed E-state index contributed by atoms with van der Waals surface area (Å²) in [4.78, 5) is 11.1. The molecule has 0 atom stereocenters. The fraction of sp³-hybridized carbons (Fsp3) is 0.133. The Balaban J connectivity index is 2.69. The molecular formula is C15H16N2O2. The summed E-state index contributed by atoms with van der Waals surface area (Å²) in [5.74, 6) is 0. The molecular weight excluding hydrogens is 240 g/mol. The lowest BCUT2D eigenvalue weighted by molar-refractivity contribution is 0.112. The number of benzene rings is 2. The Kier molecular flexibility index (Phi) is 3.82. The van der Waals surface area contributed by atoms with Gasteiger partial charge >= 0.3 is 0 Å². The SMILES string of the molecule is Nc1cc(N)c(CCO)c(-c2ccccc2C=O)c1. The van der Waals surface area contributed by atoms with E-state index < -0.39 is 0 Å². The Labute approximate surface area is 111 Å². The normalized spacial score (nSPS) is 10.4. The fourth-order valence-electron chi connectivity index (χ4n) is 2.19. The van der Waals surface area contributed by atoms with Crippen molar-refractivity contribution in [2.45, 2.75) is 6.42 Å². The van der Waals surface area contributed by atoms with Crippen LogP contribution in [0.4, 0.5) is 11.4 Å². The molecule has 0 aromatic heterocycles. The standard InChI is InChI=1S/C15H16N2O2/c16-11-7-14(13(5-6-18)15(17)8-11)12-4-2-1-3-10(12)9-19/h1-4,7-9,18H,5-6,16-17H2. The number of aldehydes is 1. The summed E-state index contributed by atoms with van der Waals surface area (Å²) in [7, 11) is 0. The Morgan fingerprint density at radius 1 is 1.11 bits per heavy atom. The molecule has 0 spiro atoms. The number of rotatable bonds is 4. The molecule has 0 amide bonds. The molecule has 0 bridgehead atoms. The van der Waals surface area contributed by atoms with Crippen molar-refractivity contribution >= 4 is 17.7 Å². The van der Waals surface area contributed by atoms with Gasteiger partial charge in [0.05, 0.1) is 0 Å². The van der Waals surface area contributed by atoms with Gasteiger partial charge in [0.15, 0.2) is 6.29 Å². The highest BCUT2D eigenvalue weighted by Crippen LogP contribution is 2.32. The summed E-state index contributed by atoms with van der Waals surface area (Å²) in [5, 5.41) is 9.15. The Morgan fingerprint density at radius 2 is 1.84 bits per heavy atom. The number of nitrogens with two attached hydrogens (primary N) is 2. The van der Waals surface area contributed by atoms with Crippen molar-refractivity contribution in [3.63, 3.8) is 0 Å². The second kappa shape index (κ2) is 5.54.